The van der Waals surface area contributed by atoms with Gasteiger partial charge >= 0.3 is 5.97 Å². The molecule has 5 nitrogen and oxygen atoms in total. The van der Waals surface area contributed by atoms with Crippen LogP contribution in [0.4, 0.5) is 0 Å². The van der Waals surface area contributed by atoms with Crippen molar-refractivity contribution in [3.8, 4) is 5.75 Å². The smallest absolute Gasteiger partial charge is 0.343 e. The Morgan fingerprint density at radius 2 is 1.73 bits per heavy atom. The van der Waals surface area contributed by atoms with Gasteiger partial charge in [0.05, 0.1) is 10.5 Å². The van der Waals surface area contributed by atoms with Gasteiger partial charge in [0, 0.05) is 17.7 Å². The van der Waals surface area contributed by atoms with E-state index in [2.05, 4.69) is 22.6 Å². The molecule has 0 bridgehead atoms. The summed E-state index contributed by atoms with van der Waals surface area (Å²) < 4.78 is 31.5. The van der Waals surface area contributed by atoms with Crippen LogP contribution >= 0.6 is 22.6 Å². The average Bonchev–Trinajstić information content (AvgIpc) is 2.49. The highest BCUT2D eigenvalue weighted by Gasteiger charge is 2.19. The Balaban J connectivity index is 2.26. The number of halogens is 1. The highest BCUT2D eigenvalue weighted by atomic mass is 127. The van der Waals surface area contributed by atoms with E-state index in [1.807, 2.05) is 12.1 Å². The SMILES string of the molecule is CN(C)S(=O)(=O)c1cccc(C(=O)Oc2ccc(I)cc2)c1. The molecule has 0 spiro atoms. The zero-order chi connectivity index (χ0) is 16.3. The second-order valence-corrected chi connectivity index (χ2v) is 8.06. The third-order valence-corrected chi connectivity index (χ3v) is 5.40. The lowest BCUT2D eigenvalue weighted by Gasteiger charge is -2.12. The summed E-state index contributed by atoms with van der Waals surface area (Å²) >= 11 is 2.15. The number of hydrogen-bond acceptors (Lipinski definition) is 4. The maximum atomic E-state index is 12.1. The first-order valence-corrected chi connectivity index (χ1v) is 8.83. The van der Waals surface area contributed by atoms with E-state index in [0.717, 1.165) is 7.88 Å². The molecule has 0 saturated carbocycles. The van der Waals surface area contributed by atoms with Gasteiger partial charge in [0.25, 0.3) is 0 Å². The first kappa shape index (κ1) is 16.9. The number of carbonyl (C=O) groups is 1. The number of carbonyl (C=O) groups excluding carboxylic acids is 1. The van der Waals surface area contributed by atoms with Crippen LogP contribution in [0.1, 0.15) is 10.4 Å². The maximum absolute atomic E-state index is 12.1. The van der Waals surface area contributed by atoms with Crippen LogP contribution < -0.4 is 4.74 Å². The minimum Gasteiger partial charge on any atom is -0.423 e. The number of rotatable bonds is 4. The third-order valence-electron chi connectivity index (χ3n) is 2.87. The monoisotopic (exact) mass is 431 g/mol. The van der Waals surface area contributed by atoms with Crippen LogP contribution in [0, 0.1) is 3.57 Å². The van der Waals surface area contributed by atoms with Crippen molar-refractivity contribution in [2.45, 2.75) is 4.90 Å². The van der Waals surface area contributed by atoms with E-state index < -0.39 is 16.0 Å². The van der Waals surface area contributed by atoms with Crippen LogP contribution in [-0.4, -0.2) is 32.8 Å². The number of hydrogen-bond donors (Lipinski definition) is 0. The van der Waals surface area contributed by atoms with Gasteiger partial charge in [-0.3, -0.25) is 0 Å². The van der Waals surface area contributed by atoms with E-state index in [9.17, 15) is 13.2 Å². The van der Waals surface area contributed by atoms with Crippen molar-refractivity contribution in [2.24, 2.45) is 0 Å². The molecule has 2 aromatic rings. The van der Waals surface area contributed by atoms with Gasteiger partial charge in [0.2, 0.25) is 10.0 Å². The van der Waals surface area contributed by atoms with E-state index in [-0.39, 0.29) is 10.5 Å². The minimum atomic E-state index is -3.59. The second kappa shape index (κ2) is 6.76. The molecule has 0 atom stereocenters. The van der Waals surface area contributed by atoms with Crippen LogP contribution in [0.15, 0.2) is 53.4 Å². The molecule has 0 unspecified atom stereocenters. The van der Waals surface area contributed by atoms with Crippen molar-refractivity contribution >= 4 is 38.6 Å². The number of esters is 1. The van der Waals surface area contributed by atoms with Crippen molar-refractivity contribution in [3.05, 3.63) is 57.7 Å². The summed E-state index contributed by atoms with van der Waals surface area (Å²) in [5.74, 6) is -0.191. The van der Waals surface area contributed by atoms with Gasteiger partial charge in [-0.2, -0.15) is 0 Å². The maximum Gasteiger partial charge on any atom is 0.343 e. The molecule has 7 heteroatoms. The van der Waals surface area contributed by atoms with E-state index in [1.165, 1.54) is 38.4 Å². The summed E-state index contributed by atoms with van der Waals surface area (Å²) in [6.07, 6.45) is 0. The van der Waals surface area contributed by atoms with E-state index >= 15 is 0 Å². The molecule has 0 aliphatic heterocycles. The van der Waals surface area contributed by atoms with E-state index in [4.69, 9.17) is 4.74 Å². The van der Waals surface area contributed by atoms with Crippen LogP contribution in [-0.2, 0) is 10.0 Å². The molecule has 0 amide bonds. The first-order chi connectivity index (χ1) is 10.3. The normalized spacial score (nSPS) is 11.5. The summed E-state index contributed by atoms with van der Waals surface area (Å²) in [5.41, 5.74) is 0.182. The molecule has 0 heterocycles. The standard InChI is InChI=1S/C15H14INO4S/c1-17(2)22(19,20)14-5-3-4-11(10-14)15(18)21-13-8-6-12(16)7-9-13/h3-10H,1-2H3. The highest BCUT2D eigenvalue weighted by molar-refractivity contribution is 14.1. The van der Waals surface area contributed by atoms with Crippen LogP contribution in [0.3, 0.4) is 0 Å². The fraction of sp³-hybridized carbons (Fsp3) is 0.133. The summed E-state index contributed by atoms with van der Waals surface area (Å²) in [4.78, 5) is 12.2. The zero-order valence-electron chi connectivity index (χ0n) is 12.0. The number of sulfonamides is 1. The molecular weight excluding hydrogens is 417 g/mol. The van der Waals surface area contributed by atoms with Gasteiger partial charge in [-0.15, -0.1) is 0 Å². The van der Waals surface area contributed by atoms with Gasteiger partial charge < -0.3 is 4.74 Å². The molecule has 0 aliphatic rings. The molecule has 0 aromatic heterocycles. The molecule has 2 aromatic carbocycles. The lowest BCUT2D eigenvalue weighted by atomic mass is 10.2. The number of benzene rings is 2. The lowest BCUT2D eigenvalue weighted by molar-refractivity contribution is 0.0734. The van der Waals surface area contributed by atoms with Gasteiger partial charge in [-0.1, -0.05) is 6.07 Å². The van der Waals surface area contributed by atoms with E-state index in [0.29, 0.717) is 5.75 Å². The van der Waals surface area contributed by atoms with Crippen molar-refractivity contribution < 1.29 is 17.9 Å². The number of ether oxygens (including phenoxy) is 1. The second-order valence-electron chi connectivity index (χ2n) is 4.66. The predicted molar refractivity (Wildman–Crippen MR) is 91.4 cm³/mol. The first-order valence-electron chi connectivity index (χ1n) is 6.31. The molecule has 22 heavy (non-hydrogen) atoms. The fourth-order valence-corrected chi connectivity index (χ4v) is 2.97. The summed E-state index contributed by atoms with van der Waals surface area (Å²) in [6.45, 7) is 0. The van der Waals surface area contributed by atoms with Gasteiger partial charge in [0.1, 0.15) is 5.75 Å². The Labute approximate surface area is 143 Å². The molecule has 116 valence electrons. The number of nitrogens with zero attached hydrogens (tertiary/aromatic N) is 1. The molecule has 0 saturated heterocycles. The Morgan fingerprint density at radius 3 is 2.32 bits per heavy atom. The molecule has 0 aliphatic carbocycles. The van der Waals surface area contributed by atoms with Crippen LogP contribution in [0.25, 0.3) is 0 Å². The van der Waals surface area contributed by atoms with Crippen molar-refractivity contribution in [3.63, 3.8) is 0 Å². The van der Waals surface area contributed by atoms with Gasteiger partial charge in [0.15, 0.2) is 0 Å². The molecular formula is C15H14INO4S. The van der Waals surface area contributed by atoms with Crippen molar-refractivity contribution in [1.82, 2.24) is 4.31 Å². The largest absolute Gasteiger partial charge is 0.423 e. The summed E-state index contributed by atoms with van der Waals surface area (Å²) in [7, 11) is -0.714. The summed E-state index contributed by atoms with van der Waals surface area (Å²) in [5, 5.41) is 0. The molecule has 0 N–H and O–H groups in total. The van der Waals surface area contributed by atoms with Crippen molar-refractivity contribution in [2.75, 3.05) is 14.1 Å². The topological polar surface area (TPSA) is 63.7 Å². The van der Waals surface area contributed by atoms with E-state index in [1.54, 1.807) is 12.1 Å². The third kappa shape index (κ3) is 3.84. The van der Waals surface area contributed by atoms with Crippen LogP contribution in [0.2, 0.25) is 0 Å². The van der Waals surface area contributed by atoms with Gasteiger partial charge in [-0.25, -0.2) is 17.5 Å². The quantitative estimate of drug-likeness (QED) is 0.425. The minimum absolute atomic E-state index is 0.0505. The highest BCUT2D eigenvalue weighted by Crippen LogP contribution is 2.18. The molecule has 2 rings (SSSR count). The summed E-state index contributed by atoms with van der Waals surface area (Å²) in [6, 6.07) is 12.8. The fourth-order valence-electron chi connectivity index (χ4n) is 1.66. The zero-order valence-corrected chi connectivity index (χ0v) is 15.0. The Hall–Kier alpha value is -1.45. The Kier molecular flexibility index (Phi) is 5.20. The molecule has 0 radical (unpaired) electrons. The Morgan fingerprint density at radius 1 is 1.09 bits per heavy atom. The van der Waals surface area contributed by atoms with Gasteiger partial charge in [-0.05, 0) is 65.1 Å². The van der Waals surface area contributed by atoms with Crippen molar-refractivity contribution in [1.29, 1.82) is 0 Å². The Bertz CT molecular complexity index is 785. The molecule has 0 fully saturated rings. The lowest BCUT2D eigenvalue weighted by Crippen LogP contribution is -2.22. The predicted octanol–water partition coefficient (Wildman–Crippen LogP) is 2.76. The average molecular weight is 431 g/mol. The van der Waals surface area contributed by atoms with Crippen LogP contribution in [0.5, 0.6) is 5.75 Å².